The Labute approximate surface area is 148 Å². The number of carboxylic acid groups (broad SMARTS) is 1. The average molecular weight is 331 g/mol. The zero-order chi connectivity index (χ0) is 17.9. The summed E-state index contributed by atoms with van der Waals surface area (Å²) >= 11 is 0. The summed E-state index contributed by atoms with van der Waals surface area (Å²) in [5.41, 5.74) is 4.56. The van der Waals surface area contributed by atoms with Gasteiger partial charge in [0.25, 0.3) is 0 Å². The summed E-state index contributed by atoms with van der Waals surface area (Å²) in [6, 6.07) is 25.5. The highest BCUT2D eigenvalue weighted by molar-refractivity contribution is 5.88. The highest BCUT2D eigenvalue weighted by Gasteiger charge is 2.22. The number of carboxylic acids is 1. The molecule has 0 aliphatic heterocycles. The second-order valence-corrected chi connectivity index (χ2v) is 6.58. The molecule has 0 saturated heterocycles. The number of carbonyl (C=O) groups is 1. The Morgan fingerprint density at radius 2 is 1.24 bits per heavy atom. The second kappa shape index (κ2) is 6.81. The van der Waals surface area contributed by atoms with Gasteiger partial charge >= 0.3 is 5.97 Å². The van der Waals surface area contributed by atoms with Crippen LogP contribution in [-0.2, 0) is 5.41 Å². The van der Waals surface area contributed by atoms with Crippen LogP contribution < -0.4 is 5.32 Å². The topological polar surface area (TPSA) is 49.3 Å². The molecule has 0 saturated carbocycles. The van der Waals surface area contributed by atoms with Crippen molar-refractivity contribution in [1.29, 1.82) is 0 Å². The molecule has 3 aromatic rings. The number of rotatable bonds is 5. The van der Waals surface area contributed by atoms with E-state index in [1.165, 1.54) is 11.1 Å². The molecule has 0 spiro atoms. The largest absolute Gasteiger partial charge is 0.478 e. The molecule has 0 heterocycles. The first kappa shape index (κ1) is 16.8. The molecule has 0 aromatic heterocycles. The zero-order valence-corrected chi connectivity index (χ0v) is 14.4. The van der Waals surface area contributed by atoms with Gasteiger partial charge in [0.1, 0.15) is 0 Å². The van der Waals surface area contributed by atoms with Gasteiger partial charge in [-0.1, -0.05) is 56.3 Å². The van der Waals surface area contributed by atoms with Crippen molar-refractivity contribution in [3.63, 3.8) is 0 Å². The van der Waals surface area contributed by atoms with Gasteiger partial charge in [0.15, 0.2) is 0 Å². The van der Waals surface area contributed by atoms with Crippen LogP contribution >= 0.6 is 0 Å². The summed E-state index contributed by atoms with van der Waals surface area (Å²) in [4.78, 5) is 10.9. The highest BCUT2D eigenvalue weighted by atomic mass is 16.4. The summed E-state index contributed by atoms with van der Waals surface area (Å²) in [5, 5.41) is 12.2. The van der Waals surface area contributed by atoms with Crippen LogP contribution in [0.3, 0.4) is 0 Å². The van der Waals surface area contributed by atoms with Crippen LogP contribution in [0.5, 0.6) is 0 Å². The van der Waals surface area contributed by atoms with Crippen LogP contribution in [0.15, 0.2) is 78.9 Å². The first-order valence-electron chi connectivity index (χ1n) is 8.23. The van der Waals surface area contributed by atoms with Crippen molar-refractivity contribution in [2.45, 2.75) is 19.3 Å². The molecule has 0 radical (unpaired) electrons. The summed E-state index contributed by atoms with van der Waals surface area (Å²) in [5.74, 6) is -0.918. The summed E-state index contributed by atoms with van der Waals surface area (Å²) < 4.78 is 0. The van der Waals surface area contributed by atoms with Gasteiger partial charge < -0.3 is 10.4 Å². The van der Waals surface area contributed by atoms with Crippen molar-refractivity contribution in [3.8, 4) is 0 Å². The number of benzene rings is 3. The molecule has 0 atom stereocenters. The van der Waals surface area contributed by atoms with E-state index < -0.39 is 5.97 Å². The predicted octanol–water partition coefficient (Wildman–Crippen LogP) is 5.45. The van der Waals surface area contributed by atoms with Crippen molar-refractivity contribution < 1.29 is 9.90 Å². The average Bonchev–Trinajstić information content (AvgIpc) is 2.63. The van der Waals surface area contributed by atoms with E-state index in [0.717, 1.165) is 11.4 Å². The Kier molecular flexibility index (Phi) is 4.57. The molecule has 0 unspecified atom stereocenters. The summed E-state index contributed by atoms with van der Waals surface area (Å²) in [6.07, 6.45) is 0. The Balaban J connectivity index is 1.77. The molecule has 0 fully saturated rings. The van der Waals surface area contributed by atoms with Crippen molar-refractivity contribution >= 4 is 17.3 Å². The molecular formula is C22H21NO2. The second-order valence-electron chi connectivity index (χ2n) is 6.58. The van der Waals surface area contributed by atoms with Crippen LogP contribution in [0.25, 0.3) is 0 Å². The third-order valence-corrected chi connectivity index (χ3v) is 4.52. The monoisotopic (exact) mass is 331 g/mol. The molecule has 0 amide bonds. The maximum atomic E-state index is 10.9. The van der Waals surface area contributed by atoms with Gasteiger partial charge in [-0.2, -0.15) is 0 Å². The quantitative estimate of drug-likeness (QED) is 0.653. The van der Waals surface area contributed by atoms with E-state index in [1.807, 2.05) is 18.2 Å². The smallest absolute Gasteiger partial charge is 0.335 e. The van der Waals surface area contributed by atoms with E-state index in [-0.39, 0.29) is 11.0 Å². The molecule has 0 aliphatic rings. The molecule has 126 valence electrons. The maximum absolute atomic E-state index is 10.9. The predicted molar refractivity (Wildman–Crippen MR) is 102 cm³/mol. The Hall–Kier alpha value is -3.07. The van der Waals surface area contributed by atoms with Crippen LogP contribution in [0.1, 0.15) is 35.3 Å². The molecule has 2 N–H and O–H groups in total. The number of nitrogens with one attached hydrogen (secondary N) is 1. The molecule has 0 bridgehead atoms. The minimum Gasteiger partial charge on any atom is -0.478 e. The highest BCUT2D eigenvalue weighted by Crippen LogP contribution is 2.32. The van der Waals surface area contributed by atoms with Gasteiger partial charge in [0, 0.05) is 16.8 Å². The molecule has 3 rings (SSSR count). The van der Waals surface area contributed by atoms with Gasteiger partial charge in [-0.25, -0.2) is 4.79 Å². The normalized spacial score (nSPS) is 11.1. The van der Waals surface area contributed by atoms with Crippen molar-refractivity contribution in [1.82, 2.24) is 0 Å². The van der Waals surface area contributed by atoms with Crippen LogP contribution in [0.2, 0.25) is 0 Å². The molecule has 3 aromatic carbocycles. The molecule has 3 nitrogen and oxygen atoms in total. The minimum atomic E-state index is -0.918. The third-order valence-electron chi connectivity index (χ3n) is 4.52. The third kappa shape index (κ3) is 3.72. The fraction of sp³-hybridized carbons (Fsp3) is 0.136. The van der Waals surface area contributed by atoms with Gasteiger partial charge in [-0.15, -0.1) is 0 Å². The lowest BCUT2D eigenvalue weighted by atomic mass is 9.78. The van der Waals surface area contributed by atoms with Crippen LogP contribution in [-0.4, -0.2) is 11.1 Å². The van der Waals surface area contributed by atoms with Crippen LogP contribution in [0, 0.1) is 0 Å². The fourth-order valence-corrected chi connectivity index (χ4v) is 2.85. The summed E-state index contributed by atoms with van der Waals surface area (Å²) in [6.45, 7) is 4.44. The number of anilines is 2. The summed E-state index contributed by atoms with van der Waals surface area (Å²) in [7, 11) is 0. The van der Waals surface area contributed by atoms with Crippen molar-refractivity contribution in [2.75, 3.05) is 5.32 Å². The standard InChI is InChI=1S/C22H21NO2/c1-22(2,17-6-4-3-5-7-17)18-10-14-20(15-11-18)23-19-12-8-16(9-13-19)21(24)25/h3-15,23H,1-2H3,(H,24,25). The lowest BCUT2D eigenvalue weighted by Gasteiger charge is -2.26. The lowest BCUT2D eigenvalue weighted by molar-refractivity contribution is 0.0697. The Morgan fingerprint density at radius 3 is 1.76 bits per heavy atom. The number of hydrogen-bond acceptors (Lipinski definition) is 2. The molecule has 25 heavy (non-hydrogen) atoms. The number of aromatic carboxylic acids is 1. The van der Waals surface area contributed by atoms with E-state index in [2.05, 4.69) is 55.6 Å². The first-order chi connectivity index (χ1) is 12.0. The van der Waals surface area contributed by atoms with Gasteiger partial charge in [-0.05, 0) is 47.5 Å². The Morgan fingerprint density at radius 1 is 0.760 bits per heavy atom. The van der Waals surface area contributed by atoms with Gasteiger partial charge in [0.05, 0.1) is 5.56 Å². The van der Waals surface area contributed by atoms with E-state index in [1.54, 1.807) is 24.3 Å². The van der Waals surface area contributed by atoms with Gasteiger partial charge in [-0.3, -0.25) is 0 Å². The first-order valence-corrected chi connectivity index (χ1v) is 8.23. The molecule has 3 heteroatoms. The molecule has 0 aliphatic carbocycles. The fourth-order valence-electron chi connectivity index (χ4n) is 2.85. The maximum Gasteiger partial charge on any atom is 0.335 e. The minimum absolute atomic E-state index is 0.0665. The van der Waals surface area contributed by atoms with E-state index in [9.17, 15) is 4.79 Å². The van der Waals surface area contributed by atoms with E-state index in [0.29, 0.717) is 0 Å². The lowest BCUT2D eigenvalue weighted by Crippen LogP contribution is -2.18. The van der Waals surface area contributed by atoms with E-state index >= 15 is 0 Å². The van der Waals surface area contributed by atoms with Crippen LogP contribution in [0.4, 0.5) is 11.4 Å². The SMILES string of the molecule is CC(C)(c1ccccc1)c1ccc(Nc2ccc(C(=O)O)cc2)cc1. The zero-order valence-electron chi connectivity index (χ0n) is 14.4. The molecular weight excluding hydrogens is 310 g/mol. The van der Waals surface area contributed by atoms with E-state index in [4.69, 9.17) is 5.11 Å². The Bertz CT molecular complexity index is 851. The number of hydrogen-bond donors (Lipinski definition) is 2. The van der Waals surface area contributed by atoms with Crippen molar-refractivity contribution in [2.24, 2.45) is 0 Å². The van der Waals surface area contributed by atoms with Gasteiger partial charge in [0.2, 0.25) is 0 Å². The van der Waals surface area contributed by atoms with Crippen molar-refractivity contribution in [3.05, 3.63) is 95.6 Å².